The summed E-state index contributed by atoms with van der Waals surface area (Å²) in [5, 5.41) is 6.48. The van der Waals surface area contributed by atoms with E-state index in [2.05, 4.69) is 38.3 Å². The van der Waals surface area contributed by atoms with Gasteiger partial charge in [-0.2, -0.15) is 0 Å². The number of fused-ring (bicyclic) bond motifs is 3. The number of quaternary nitrogens is 1. The van der Waals surface area contributed by atoms with E-state index in [0.717, 1.165) is 48.6 Å². The van der Waals surface area contributed by atoms with Crippen molar-refractivity contribution >= 4 is 16.9 Å². The molecule has 29 heavy (non-hydrogen) atoms. The van der Waals surface area contributed by atoms with Crippen molar-refractivity contribution in [1.82, 2.24) is 5.32 Å². The first-order valence-corrected chi connectivity index (χ1v) is 10.5. The van der Waals surface area contributed by atoms with Gasteiger partial charge in [0.15, 0.2) is 6.61 Å². The van der Waals surface area contributed by atoms with Gasteiger partial charge in [0, 0.05) is 35.9 Å². The van der Waals surface area contributed by atoms with Crippen LogP contribution in [0.2, 0.25) is 0 Å². The minimum absolute atomic E-state index is 0.0538. The SMILES string of the molecule is CC1(C)CC(NC(=O)COc2ccc3c4c(c(=O)oc3c2)CCC4)CC(C)(C)[NH2+]1. The molecular weight excluding hydrogens is 368 g/mol. The molecule has 1 fully saturated rings. The van der Waals surface area contributed by atoms with E-state index in [9.17, 15) is 9.59 Å². The molecule has 0 radical (unpaired) electrons. The zero-order chi connectivity index (χ0) is 20.8. The fraction of sp³-hybridized carbons (Fsp3) is 0.565. The Morgan fingerprint density at radius 3 is 2.59 bits per heavy atom. The third-order valence-electron chi connectivity index (χ3n) is 6.01. The standard InChI is InChI=1S/C23H30N2O4/c1-22(2)11-14(12-23(3,4)25-22)24-20(26)13-28-15-8-9-17-16-6-5-7-18(16)21(27)29-19(17)10-15/h8-10,14,25H,5-7,11-13H2,1-4H3,(H,24,26)/p+1. The molecule has 6 nitrogen and oxygen atoms in total. The smallest absolute Gasteiger partial charge is 0.339 e. The zero-order valence-corrected chi connectivity index (χ0v) is 17.8. The lowest BCUT2D eigenvalue weighted by molar-refractivity contribution is -0.787. The summed E-state index contributed by atoms with van der Waals surface area (Å²) in [5.74, 6) is 0.408. The van der Waals surface area contributed by atoms with Gasteiger partial charge < -0.3 is 19.8 Å². The predicted molar refractivity (Wildman–Crippen MR) is 111 cm³/mol. The Labute approximate surface area is 171 Å². The van der Waals surface area contributed by atoms with Gasteiger partial charge in [0.05, 0.1) is 11.1 Å². The van der Waals surface area contributed by atoms with Crippen LogP contribution in [0.4, 0.5) is 0 Å². The summed E-state index contributed by atoms with van der Waals surface area (Å²) in [6.07, 6.45) is 4.54. The van der Waals surface area contributed by atoms with Crippen LogP contribution in [0, 0.1) is 0 Å². The summed E-state index contributed by atoms with van der Waals surface area (Å²) < 4.78 is 11.2. The van der Waals surface area contributed by atoms with E-state index in [1.807, 2.05) is 12.1 Å². The van der Waals surface area contributed by atoms with Gasteiger partial charge in [0.25, 0.3) is 5.91 Å². The minimum atomic E-state index is -0.251. The van der Waals surface area contributed by atoms with E-state index >= 15 is 0 Å². The quantitative estimate of drug-likeness (QED) is 0.771. The minimum Gasteiger partial charge on any atom is -0.484 e. The third-order valence-corrected chi connectivity index (χ3v) is 6.01. The van der Waals surface area contributed by atoms with Crippen molar-refractivity contribution in [2.24, 2.45) is 0 Å². The van der Waals surface area contributed by atoms with Crippen molar-refractivity contribution < 1.29 is 19.3 Å². The lowest BCUT2D eigenvalue weighted by Gasteiger charge is -2.43. The maximum Gasteiger partial charge on any atom is 0.339 e. The maximum atomic E-state index is 12.5. The van der Waals surface area contributed by atoms with Crippen molar-refractivity contribution in [1.29, 1.82) is 0 Å². The van der Waals surface area contributed by atoms with Gasteiger partial charge in [-0.15, -0.1) is 0 Å². The van der Waals surface area contributed by atoms with Crippen molar-refractivity contribution in [3.05, 3.63) is 39.7 Å². The van der Waals surface area contributed by atoms with Gasteiger partial charge in [-0.3, -0.25) is 4.79 Å². The van der Waals surface area contributed by atoms with E-state index in [4.69, 9.17) is 9.15 Å². The molecule has 0 bridgehead atoms. The molecule has 3 N–H and O–H groups in total. The van der Waals surface area contributed by atoms with E-state index < -0.39 is 0 Å². The van der Waals surface area contributed by atoms with Gasteiger partial charge in [-0.05, 0) is 64.7 Å². The van der Waals surface area contributed by atoms with Gasteiger partial charge in [0.1, 0.15) is 11.3 Å². The molecule has 0 saturated carbocycles. The number of rotatable bonds is 4. The molecular formula is C23H31N2O4+. The van der Waals surface area contributed by atoms with Crippen molar-refractivity contribution in [3.8, 4) is 5.75 Å². The third kappa shape index (κ3) is 4.32. The second-order valence-electron chi connectivity index (χ2n) is 9.94. The highest BCUT2D eigenvalue weighted by Gasteiger charge is 2.42. The summed E-state index contributed by atoms with van der Waals surface area (Å²) in [7, 11) is 0. The number of carbonyl (C=O) groups excluding carboxylic acids is 1. The highest BCUT2D eigenvalue weighted by atomic mass is 16.5. The Hall–Kier alpha value is -2.34. The van der Waals surface area contributed by atoms with E-state index in [-0.39, 0.29) is 35.3 Å². The Balaban J connectivity index is 1.41. The molecule has 1 aromatic heterocycles. The summed E-state index contributed by atoms with van der Waals surface area (Å²) >= 11 is 0. The Morgan fingerprint density at radius 2 is 1.86 bits per heavy atom. The molecule has 2 heterocycles. The van der Waals surface area contributed by atoms with Crippen LogP contribution < -0.4 is 21.0 Å². The second-order valence-corrected chi connectivity index (χ2v) is 9.94. The molecule has 0 spiro atoms. The van der Waals surface area contributed by atoms with Crippen LogP contribution in [-0.2, 0) is 17.6 Å². The number of benzene rings is 1. The molecule has 1 saturated heterocycles. The molecule has 2 aliphatic rings. The van der Waals surface area contributed by atoms with Crippen molar-refractivity contribution in [3.63, 3.8) is 0 Å². The first kappa shape index (κ1) is 20.0. The monoisotopic (exact) mass is 399 g/mol. The average molecular weight is 400 g/mol. The van der Waals surface area contributed by atoms with Crippen LogP contribution in [0.15, 0.2) is 27.4 Å². The van der Waals surface area contributed by atoms with Gasteiger partial charge in [0.2, 0.25) is 0 Å². The zero-order valence-electron chi connectivity index (χ0n) is 17.8. The van der Waals surface area contributed by atoms with Crippen molar-refractivity contribution in [2.75, 3.05) is 6.61 Å². The molecule has 156 valence electrons. The highest BCUT2D eigenvalue weighted by Crippen LogP contribution is 2.29. The molecule has 0 atom stereocenters. The van der Waals surface area contributed by atoms with Gasteiger partial charge in [-0.1, -0.05) is 0 Å². The molecule has 1 amide bonds. The number of aryl methyl sites for hydroxylation is 1. The van der Waals surface area contributed by atoms with Crippen LogP contribution in [-0.4, -0.2) is 29.6 Å². The van der Waals surface area contributed by atoms with Crippen LogP contribution in [0.25, 0.3) is 11.0 Å². The molecule has 4 rings (SSSR count). The largest absolute Gasteiger partial charge is 0.484 e. The summed E-state index contributed by atoms with van der Waals surface area (Å²) in [6.45, 7) is 8.79. The fourth-order valence-corrected chi connectivity index (χ4v) is 5.39. The summed E-state index contributed by atoms with van der Waals surface area (Å²) in [5.41, 5.74) is 2.37. The van der Waals surface area contributed by atoms with Crippen LogP contribution >= 0.6 is 0 Å². The number of hydrogen-bond acceptors (Lipinski definition) is 4. The van der Waals surface area contributed by atoms with Gasteiger partial charge >= 0.3 is 5.63 Å². The second kappa shape index (κ2) is 7.17. The normalized spacial score (nSPS) is 20.4. The number of piperidine rings is 1. The predicted octanol–water partition coefficient (Wildman–Crippen LogP) is 2.06. The van der Waals surface area contributed by atoms with E-state index in [0.29, 0.717) is 11.3 Å². The van der Waals surface area contributed by atoms with Crippen LogP contribution in [0.1, 0.15) is 58.1 Å². The van der Waals surface area contributed by atoms with E-state index in [1.54, 1.807) is 6.07 Å². The van der Waals surface area contributed by atoms with Crippen molar-refractivity contribution in [2.45, 2.75) is 76.9 Å². The number of nitrogens with two attached hydrogens (primary N) is 1. The summed E-state index contributed by atoms with van der Waals surface area (Å²) in [6, 6.07) is 5.62. The molecule has 1 aromatic carbocycles. The average Bonchev–Trinajstić information content (AvgIpc) is 3.07. The molecule has 0 unspecified atom stereocenters. The number of amides is 1. The maximum absolute atomic E-state index is 12.5. The molecule has 6 heteroatoms. The molecule has 1 aliphatic heterocycles. The summed E-state index contributed by atoms with van der Waals surface area (Å²) in [4.78, 5) is 24.6. The Morgan fingerprint density at radius 1 is 1.17 bits per heavy atom. The first-order valence-electron chi connectivity index (χ1n) is 10.5. The molecule has 1 aliphatic carbocycles. The number of ether oxygens (including phenoxy) is 1. The Kier molecular flexibility index (Phi) is 4.93. The molecule has 2 aromatic rings. The topological polar surface area (TPSA) is 85.1 Å². The van der Waals surface area contributed by atoms with Gasteiger partial charge in [-0.25, -0.2) is 4.79 Å². The fourth-order valence-electron chi connectivity index (χ4n) is 5.39. The number of carbonyl (C=O) groups is 1. The number of hydrogen-bond donors (Lipinski definition) is 2. The highest BCUT2D eigenvalue weighted by molar-refractivity contribution is 5.83. The lowest BCUT2D eigenvalue weighted by atomic mass is 9.79. The van der Waals surface area contributed by atoms with Crippen LogP contribution in [0.3, 0.4) is 0 Å². The van der Waals surface area contributed by atoms with Crippen LogP contribution in [0.5, 0.6) is 5.75 Å². The van der Waals surface area contributed by atoms with E-state index in [1.165, 1.54) is 0 Å². The first-order chi connectivity index (χ1) is 13.6. The number of nitrogens with one attached hydrogen (secondary N) is 1. The lowest BCUT2D eigenvalue weighted by Crippen LogP contribution is -3.06. The Bertz CT molecular complexity index is 990.